The number of nitrogens with zero attached hydrogens (tertiary/aromatic N) is 1. The number of hydrogen-bond acceptors (Lipinski definition) is 2. The van der Waals surface area contributed by atoms with Crippen molar-refractivity contribution in [1.29, 1.82) is 0 Å². The zero-order chi connectivity index (χ0) is 13.7. The molecule has 0 aliphatic carbocycles. The number of pyridine rings is 1. The molecule has 19 heavy (non-hydrogen) atoms. The molecule has 0 aliphatic heterocycles. The summed E-state index contributed by atoms with van der Waals surface area (Å²) < 4.78 is 0. The van der Waals surface area contributed by atoms with Crippen molar-refractivity contribution < 1.29 is 4.79 Å². The smallest absolute Gasteiger partial charge is 0.253 e. The first-order valence-corrected chi connectivity index (χ1v) is 6.47. The normalized spacial score (nSPS) is 10.2. The molecule has 0 bridgehead atoms. The third-order valence-electron chi connectivity index (χ3n) is 3.06. The molecule has 0 atom stereocenters. The molecule has 1 amide bonds. The van der Waals surface area contributed by atoms with Gasteiger partial charge in [0, 0.05) is 18.4 Å². The Morgan fingerprint density at radius 3 is 2.37 bits per heavy atom. The molecule has 1 heterocycles. The van der Waals surface area contributed by atoms with Crippen LogP contribution in [0.1, 0.15) is 34.1 Å². The van der Waals surface area contributed by atoms with E-state index >= 15 is 0 Å². The highest BCUT2D eigenvalue weighted by atomic mass is 16.1. The molecule has 1 N–H and O–H groups in total. The SMILES string of the molecule is CCc1ccc(CNC(=O)c2ccc(C)nc2)cc1. The average molecular weight is 254 g/mol. The third kappa shape index (κ3) is 3.65. The molecular weight excluding hydrogens is 236 g/mol. The van der Waals surface area contributed by atoms with Crippen molar-refractivity contribution in [2.45, 2.75) is 26.8 Å². The molecule has 0 saturated heterocycles. The average Bonchev–Trinajstić information content (AvgIpc) is 2.46. The standard InChI is InChI=1S/C16H18N2O/c1-3-13-5-7-14(8-6-13)10-18-16(19)15-9-4-12(2)17-11-15/h4-9,11H,3,10H2,1-2H3,(H,18,19). The van der Waals surface area contributed by atoms with Gasteiger partial charge in [0.15, 0.2) is 0 Å². The van der Waals surface area contributed by atoms with Gasteiger partial charge in [-0.1, -0.05) is 31.2 Å². The first-order valence-electron chi connectivity index (χ1n) is 6.47. The van der Waals surface area contributed by atoms with Gasteiger partial charge in [-0.3, -0.25) is 9.78 Å². The molecule has 0 aliphatic rings. The fourth-order valence-corrected chi connectivity index (χ4v) is 1.78. The molecule has 0 spiro atoms. The van der Waals surface area contributed by atoms with E-state index in [0.717, 1.165) is 17.7 Å². The van der Waals surface area contributed by atoms with Gasteiger partial charge in [0.25, 0.3) is 5.91 Å². The van der Waals surface area contributed by atoms with Crippen LogP contribution in [0.2, 0.25) is 0 Å². The molecule has 2 rings (SSSR count). The summed E-state index contributed by atoms with van der Waals surface area (Å²) in [5.41, 5.74) is 3.91. The maximum atomic E-state index is 11.9. The fraction of sp³-hybridized carbons (Fsp3) is 0.250. The van der Waals surface area contributed by atoms with E-state index in [2.05, 4.69) is 29.4 Å². The van der Waals surface area contributed by atoms with Crippen LogP contribution in [0.25, 0.3) is 0 Å². The first-order chi connectivity index (χ1) is 9.19. The zero-order valence-electron chi connectivity index (χ0n) is 11.3. The zero-order valence-corrected chi connectivity index (χ0v) is 11.3. The summed E-state index contributed by atoms with van der Waals surface area (Å²) in [7, 11) is 0. The predicted octanol–water partition coefficient (Wildman–Crippen LogP) is 2.88. The molecule has 1 aromatic carbocycles. The van der Waals surface area contributed by atoms with Gasteiger partial charge < -0.3 is 5.32 Å². The lowest BCUT2D eigenvalue weighted by Gasteiger charge is -2.06. The van der Waals surface area contributed by atoms with E-state index in [9.17, 15) is 4.79 Å². The Hall–Kier alpha value is -2.16. The number of benzene rings is 1. The van der Waals surface area contributed by atoms with Crippen LogP contribution >= 0.6 is 0 Å². The summed E-state index contributed by atoms with van der Waals surface area (Å²) in [4.78, 5) is 16.0. The van der Waals surface area contributed by atoms with Crippen molar-refractivity contribution in [2.24, 2.45) is 0 Å². The first kappa shape index (κ1) is 13.3. The summed E-state index contributed by atoms with van der Waals surface area (Å²) in [6.45, 7) is 4.56. The number of rotatable bonds is 4. The van der Waals surface area contributed by atoms with E-state index in [-0.39, 0.29) is 5.91 Å². The van der Waals surface area contributed by atoms with Gasteiger partial charge >= 0.3 is 0 Å². The summed E-state index contributed by atoms with van der Waals surface area (Å²) in [5, 5.41) is 2.89. The van der Waals surface area contributed by atoms with Crippen LogP contribution in [0.15, 0.2) is 42.6 Å². The largest absolute Gasteiger partial charge is 0.348 e. The van der Waals surface area contributed by atoms with E-state index in [1.165, 1.54) is 5.56 Å². The summed E-state index contributed by atoms with van der Waals surface area (Å²) >= 11 is 0. The minimum atomic E-state index is -0.0907. The Balaban J connectivity index is 1.94. The van der Waals surface area contributed by atoms with E-state index in [4.69, 9.17) is 0 Å². The Bertz CT molecular complexity index is 544. The van der Waals surface area contributed by atoms with Gasteiger partial charge in [-0.05, 0) is 36.6 Å². The van der Waals surface area contributed by atoms with Gasteiger partial charge in [-0.15, -0.1) is 0 Å². The molecular formula is C16H18N2O. The second-order valence-electron chi connectivity index (χ2n) is 4.54. The highest BCUT2D eigenvalue weighted by Gasteiger charge is 2.05. The van der Waals surface area contributed by atoms with Crippen molar-refractivity contribution in [3.8, 4) is 0 Å². The summed E-state index contributed by atoms with van der Waals surface area (Å²) in [5.74, 6) is -0.0907. The molecule has 2 aromatic rings. The summed E-state index contributed by atoms with van der Waals surface area (Å²) in [6.07, 6.45) is 2.63. The van der Waals surface area contributed by atoms with Gasteiger partial charge in [-0.2, -0.15) is 0 Å². The molecule has 0 fully saturated rings. The fourth-order valence-electron chi connectivity index (χ4n) is 1.78. The van der Waals surface area contributed by atoms with Crippen LogP contribution in [0.4, 0.5) is 0 Å². The van der Waals surface area contributed by atoms with Crippen molar-refractivity contribution in [2.75, 3.05) is 0 Å². The minimum absolute atomic E-state index is 0.0907. The van der Waals surface area contributed by atoms with Crippen LogP contribution in [-0.2, 0) is 13.0 Å². The summed E-state index contributed by atoms with van der Waals surface area (Å²) in [6, 6.07) is 11.9. The molecule has 3 heteroatoms. The highest BCUT2D eigenvalue weighted by Crippen LogP contribution is 2.05. The molecule has 0 radical (unpaired) electrons. The topological polar surface area (TPSA) is 42.0 Å². The van der Waals surface area contributed by atoms with Crippen LogP contribution in [0.3, 0.4) is 0 Å². The Kier molecular flexibility index (Phi) is 4.29. The number of carbonyl (C=O) groups excluding carboxylic acids is 1. The lowest BCUT2D eigenvalue weighted by molar-refractivity contribution is 0.0950. The molecule has 0 unspecified atom stereocenters. The lowest BCUT2D eigenvalue weighted by Crippen LogP contribution is -2.22. The van der Waals surface area contributed by atoms with Crippen LogP contribution in [0, 0.1) is 6.92 Å². The highest BCUT2D eigenvalue weighted by molar-refractivity contribution is 5.93. The Morgan fingerprint density at radius 1 is 1.11 bits per heavy atom. The van der Waals surface area contributed by atoms with Gasteiger partial charge in [0.05, 0.1) is 5.56 Å². The van der Waals surface area contributed by atoms with Crippen molar-refractivity contribution in [3.05, 3.63) is 65.0 Å². The number of aryl methyl sites for hydroxylation is 2. The quantitative estimate of drug-likeness (QED) is 0.911. The van der Waals surface area contributed by atoms with Crippen molar-refractivity contribution in [1.82, 2.24) is 10.3 Å². The van der Waals surface area contributed by atoms with Gasteiger partial charge in [0.1, 0.15) is 0 Å². The molecule has 1 aromatic heterocycles. The number of amides is 1. The lowest BCUT2D eigenvalue weighted by atomic mass is 10.1. The van der Waals surface area contributed by atoms with Gasteiger partial charge in [-0.25, -0.2) is 0 Å². The van der Waals surface area contributed by atoms with Crippen molar-refractivity contribution in [3.63, 3.8) is 0 Å². The number of hydrogen-bond donors (Lipinski definition) is 1. The number of nitrogens with one attached hydrogen (secondary N) is 1. The number of carbonyl (C=O) groups is 1. The van der Waals surface area contributed by atoms with Gasteiger partial charge in [0.2, 0.25) is 0 Å². The molecule has 98 valence electrons. The van der Waals surface area contributed by atoms with Crippen LogP contribution in [-0.4, -0.2) is 10.9 Å². The minimum Gasteiger partial charge on any atom is -0.348 e. The maximum absolute atomic E-state index is 11.9. The molecule has 0 saturated carbocycles. The molecule has 3 nitrogen and oxygen atoms in total. The Labute approximate surface area is 113 Å². The maximum Gasteiger partial charge on any atom is 0.253 e. The van der Waals surface area contributed by atoms with E-state index in [1.807, 2.05) is 25.1 Å². The second-order valence-corrected chi connectivity index (χ2v) is 4.54. The predicted molar refractivity (Wildman–Crippen MR) is 76.0 cm³/mol. The van der Waals surface area contributed by atoms with Crippen LogP contribution < -0.4 is 5.32 Å². The number of aromatic nitrogens is 1. The Morgan fingerprint density at radius 2 is 1.79 bits per heavy atom. The van der Waals surface area contributed by atoms with E-state index in [0.29, 0.717) is 12.1 Å². The van der Waals surface area contributed by atoms with E-state index < -0.39 is 0 Å². The van der Waals surface area contributed by atoms with Crippen LogP contribution in [0.5, 0.6) is 0 Å². The monoisotopic (exact) mass is 254 g/mol. The van der Waals surface area contributed by atoms with E-state index in [1.54, 1.807) is 12.3 Å². The van der Waals surface area contributed by atoms with Crippen molar-refractivity contribution >= 4 is 5.91 Å². The third-order valence-corrected chi connectivity index (χ3v) is 3.06. The second kappa shape index (κ2) is 6.14.